The predicted molar refractivity (Wildman–Crippen MR) is 77.7 cm³/mol. The van der Waals surface area contributed by atoms with Gasteiger partial charge in [0.2, 0.25) is 0 Å². The third kappa shape index (κ3) is 8.56. The summed E-state index contributed by atoms with van der Waals surface area (Å²) in [6.45, 7) is 0. The zero-order valence-electron chi connectivity index (χ0n) is 10.9. The average Bonchev–Trinajstić information content (AvgIpc) is 2.37. The minimum Gasteiger partial charge on any atom is -0.368 e. The first-order valence-electron chi connectivity index (χ1n) is 6.83. The fraction of sp³-hybridized carbons (Fsp3) is 0.600. The second-order valence-corrected chi connectivity index (χ2v) is 5.72. The highest BCUT2D eigenvalue weighted by molar-refractivity contribution is 7.99. The highest BCUT2D eigenvalue weighted by Gasteiger charge is 1.97. The van der Waals surface area contributed by atoms with Gasteiger partial charge in [-0.25, -0.2) is 0 Å². The molecule has 0 saturated carbocycles. The number of aliphatic hydroxyl groups is 2. The quantitative estimate of drug-likeness (QED) is 0.385. The summed E-state index contributed by atoms with van der Waals surface area (Å²) in [7, 11) is 0. The van der Waals surface area contributed by atoms with Gasteiger partial charge >= 0.3 is 0 Å². The Hall–Kier alpha value is -0.510. The second-order valence-electron chi connectivity index (χ2n) is 4.55. The Morgan fingerprint density at radius 3 is 2.11 bits per heavy atom. The lowest BCUT2D eigenvalue weighted by Gasteiger charge is -2.04. The van der Waals surface area contributed by atoms with E-state index in [1.54, 1.807) is 0 Å². The Morgan fingerprint density at radius 1 is 0.833 bits per heavy atom. The van der Waals surface area contributed by atoms with Crippen molar-refractivity contribution in [1.29, 1.82) is 0 Å². The topological polar surface area (TPSA) is 40.5 Å². The number of hydrogen-bond acceptors (Lipinski definition) is 3. The van der Waals surface area contributed by atoms with Gasteiger partial charge in [0, 0.05) is 4.90 Å². The van der Waals surface area contributed by atoms with Crippen LogP contribution in [0.1, 0.15) is 44.9 Å². The Morgan fingerprint density at radius 2 is 1.44 bits per heavy atom. The number of aliphatic hydroxyl groups excluding tert-OH is 1. The van der Waals surface area contributed by atoms with E-state index in [0.29, 0.717) is 6.42 Å². The summed E-state index contributed by atoms with van der Waals surface area (Å²) >= 11 is 1.93. The van der Waals surface area contributed by atoms with Crippen LogP contribution in [0.25, 0.3) is 0 Å². The van der Waals surface area contributed by atoms with Gasteiger partial charge in [-0.1, -0.05) is 43.9 Å². The lowest BCUT2D eigenvalue weighted by atomic mass is 10.1. The van der Waals surface area contributed by atoms with Crippen molar-refractivity contribution in [1.82, 2.24) is 0 Å². The van der Waals surface area contributed by atoms with Crippen LogP contribution in [-0.4, -0.2) is 22.3 Å². The van der Waals surface area contributed by atoms with Gasteiger partial charge < -0.3 is 10.2 Å². The Kier molecular flexibility index (Phi) is 9.00. The maximum Gasteiger partial charge on any atom is 0.151 e. The zero-order chi connectivity index (χ0) is 13.1. The van der Waals surface area contributed by atoms with Crippen LogP contribution >= 0.6 is 11.8 Å². The van der Waals surface area contributed by atoms with Crippen LogP contribution in [0.3, 0.4) is 0 Å². The normalized spacial score (nSPS) is 11.1. The monoisotopic (exact) mass is 268 g/mol. The number of hydrogen-bond donors (Lipinski definition) is 2. The first-order valence-corrected chi connectivity index (χ1v) is 7.81. The molecule has 2 nitrogen and oxygen atoms in total. The maximum atomic E-state index is 8.69. The van der Waals surface area contributed by atoms with Crippen molar-refractivity contribution < 1.29 is 10.2 Å². The van der Waals surface area contributed by atoms with E-state index in [1.165, 1.54) is 36.3 Å². The number of thioether (sulfide) groups is 1. The summed E-state index contributed by atoms with van der Waals surface area (Å²) in [6.07, 6.45) is 6.46. The number of benzene rings is 1. The van der Waals surface area contributed by atoms with Crippen molar-refractivity contribution in [3.63, 3.8) is 0 Å². The van der Waals surface area contributed by atoms with Gasteiger partial charge in [0.05, 0.1) is 0 Å². The summed E-state index contributed by atoms with van der Waals surface area (Å²) in [5.41, 5.74) is 0. The molecule has 0 radical (unpaired) electrons. The van der Waals surface area contributed by atoms with Gasteiger partial charge in [-0.05, 0) is 37.1 Å². The first kappa shape index (κ1) is 15.5. The van der Waals surface area contributed by atoms with E-state index in [2.05, 4.69) is 24.3 Å². The number of unbranched alkanes of at least 4 members (excludes halogenated alkanes) is 5. The highest BCUT2D eigenvalue weighted by atomic mass is 32.2. The van der Waals surface area contributed by atoms with Crippen LogP contribution in [-0.2, 0) is 0 Å². The molecular weight excluding hydrogens is 244 g/mol. The fourth-order valence-electron chi connectivity index (χ4n) is 1.84. The Labute approximate surface area is 114 Å². The molecule has 0 unspecified atom stereocenters. The Balaban J connectivity index is 1.84. The lowest BCUT2D eigenvalue weighted by molar-refractivity contribution is -0.0466. The minimum atomic E-state index is -1.12. The van der Waals surface area contributed by atoms with E-state index >= 15 is 0 Å². The van der Waals surface area contributed by atoms with Gasteiger partial charge in [0.15, 0.2) is 6.29 Å². The molecule has 0 aliphatic heterocycles. The van der Waals surface area contributed by atoms with Gasteiger partial charge in [-0.2, -0.15) is 0 Å². The van der Waals surface area contributed by atoms with Crippen molar-refractivity contribution in [3.8, 4) is 0 Å². The SMILES string of the molecule is OC(O)CCCCCCCCSc1ccccc1. The molecule has 0 aromatic heterocycles. The van der Waals surface area contributed by atoms with E-state index in [-0.39, 0.29) is 0 Å². The number of rotatable bonds is 10. The first-order chi connectivity index (χ1) is 8.79. The lowest BCUT2D eigenvalue weighted by Crippen LogP contribution is -2.02. The predicted octanol–water partition coefficient (Wildman–Crippen LogP) is 3.82. The van der Waals surface area contributed by atoms with Crippen molar-refractivity contribution in [2.45, 2.75) is 56.1 Å². The van der Waals surface area contributed by atoms with Crippen molar-refractivity contribution in [3.05, 3.63) is 30.3 Å². The van der Waals surface area contributed by atoms with E-state index < -0.39 is 6.29 Å². The van der Waals surface area contributed by atoms with E-state index in [0.717, 1.165) is 12.8 Å². The molecule has 3 heteroatoms. The molecule has 18 heavy (non-hydrogen) atoms. The maximum absolute atomic E-state index is 8.69. The molecule has 0 bridgehead atoms. The third-order valence-electron chi connectivity index (χ3n) is 2.87. The average molecular weight is 268 g/mol. The molecule has 0 aliphatic carbocycles. The molecule has 0 saturated heterocycles. The third-order valence-corrected chi connectivity index (χ3v) is 3.97. The molecular formula is C15H24O2S. The largest absolute Gasteiger partial charge is 0.368 e. The highest BCUT2D eigenvalue weighted by Crippen LogP contribution is 2.19. The van der Waals surface area contributed by atoms with Crippen molar-refractivity contribution in [2.75, 3.05) is 5.75 Å². The summed E-state index contributed by atoms with van der Waals surface area (Å²) in [6, 6.07) is 10.5. The molecule has 1 aromatic rings. The summed E-state index contributed by atoms with van der Waals surface area (Å²) in [5, 5.41) is 17.4. The minimum absolute atomic E-state index is 0.518. The molecule has 1 rings (SSSR count). The summed E-state index contributed by atoms with van der Waals surface area (Å²) < 4.78 is 0. The standard InChI is InChI=1S/C15H24O2S/c16-15(17)12-8-3-1-2-4-9-13-18-14-10-6-5-7-11-14/h5-7,10-11,15-17H,1-4,8-9,12-13H2. The summed E-state index contributed by atoms with van der Waals surface area (Å²) in [5.74, 6) is 1.19. The van der Waals surface area contributed by atoms with Crippen LogP contribution in [0.5, 0.6) is 0 Å². The van der Waals surface area contributed by atoms with Crippen LogP contribution < -0.4 is 0 Å². The van der Waals surface area contributed by atoms with Gasteiger partial charge in [-0.3, -0.25) is 0 Å². The zero-order valence-corrected chi connectivity index (χ0v) is 11.7. The molecule has 2 N–H and O–H groups in total. The summed E-state index contributed by atoms with van der Waals surface area (Å²) in [4.78, 5) is 1.36. The molecule has 0 heterocycles. The van der Waals surface area contributed by atoms with E-state index in [4.69, 9.17) is 10.2 Å². The molecule has 102 valence electrons. The second kappa shape index (κ2) is 10.4. The van der Waals surface area contributed by atoms with Gasteiger partial charge in [0.1, 0.15) is 0 Å². The van der Waals surface area contributed by atoms with Crippen LogP contribution in [0.2, 0.25) is 0 Å². The fourth-order valence-corrected chi connectivity index (χ4v) is 2.78. The van der Waals surface area contributed by atoms with Crippen LogP contribution in [0, 0.1) is 0 Å². The van der Waals surface area contributed by atoms with Crippen LogP contribution in [0.4, 0.5) is 0 Å². The molecule has 0 aliphatic rings. The van der Waals surface area contributed by atoms with E-state index in [9.17, 15) is 0 Å². The molecule has 0 amide bonds. The molecule has 0 atom stereocenters. The molecule has 0 fully saturated rings. The molecule has 1 aromatic carbocycles. The smallest absolute Gasteiger partial charge is 0.151 e. The Bertz CT molecular complexity index is 288. The van der Waals surface area contributed by atoms with Crippen molar-refractivity contribution >= 4 is 11.8 Å². The van der Waals surface area contributed by atoms with E-state index in [1.807, 2.05) is 17.8 Å². The van der Waals surface area contributed by atoms with Crippen LogP contribution in [0.15, 0.2) is 35.2 Å². The van der Waals surface area contributed by atoms with Gasteiger partial charge in [-0.15, -0.1) is 11.8 Å². The molecule has 0 spiro atoms. The van der Waals surface area contributed by atoms with Crippen molar-refractivity contribution in [2.24, 2.45) is 0 Å². The van der Waals surface area contributed by atoms with Gasteiger partial charge in [0.25, 0.3) is 0 Å².